The molecule has 3 nitrogen and oxygen atoms in total. The fraction of sp³-hybridized carbons (Fsp3) is 0.615. The Balaban J connectivity index is 1.85. The van der Waals surface area contributed by atoms with Crippen molar-refractivity contribution < 1.29 is 5.11 Å². The highest BCUT2D eigenvalue weighted by Gasteiger charge is 2.29. The van der Waals surface area contributed by atoms with E-state index >= 15 is 0 Å². The Morgan fingerprint density at radius 3 is 2.88 bits per heavy atom. The Hall–Kier alpha value is -0.580. The molecule has 0 spiro atoms. The van der Waals surface area contributed by atoms with E-state index in [1.54, 1.807) is 6.20 Å². The number of pyridine rings is 1. The topological polar surface area (TPSA) is 45.1 Å². The maximum atomic E-state index is 10.4. The van der Waals surface area contributed by atoms with Crippen molar-refractivity contribution in [3.05, 3.63) is 30.1 Å². The van der Waals surface area contributed by atoms with Crippen LogP contribution in [0.15, 0.2) is 24.4 Å². The molecule has 1 aromatic rings. The molecule has 1 unspecified atom stereocenters. The molecule has 1 saturated heterocycles. The van der Waals surface area contributed by atoms with Crippen LogP contribution in [0, 0.1) is 0 Å². The monoisotopic (exact) mass is 252 g/mol. The summed E-state index contributed by atoms with van der Waals surface area (Å²) >= 11 is 1.93. The normalized spacial score (nSPS) is 21.1. The highest BCUT2D eigenvalue weighted by Crippen LogP contribution is 2.26. The Morgan fingerprint density at radius 1 is 1.47 bits per heavy atom. The Morgan fingerprint density at radius 2 is 2.24 bits per heavy atom. The zero-order chi connectivity index (χ0) is 12.1. The van der Waals surface area contributed by atoms with E-state index in [0.29, 0.717) is 6.54 Å². The molecule has 1 atom stereocenters. The van der Waals surface area contributed by atoms with E-state index in [9.17, 15) is 5.11 Å². The third kappa shape index (κ3) is 3.69. The van der Waals surface area contributed by atoms with Crippen molar-refractivity contribution in [2.24, 2.45) is 0 Å². The summed E-state index contributed by atoms with van der Waals surface area (Å²) in [4.78, 5) is 4.32. The van der Waals surface area contributed by atoms with Crippen LogP contribution in [-0.4, -0.2) is 33.7 Å². The first-order valence-electron chi connectivity index (χ1n) is 6.14. The molecular formula is C13H20N2OS. The van der Waals surface area contributed by atoms with E-state index in [-0.39, 0.29) is 6.04 Å². The second-order valence-corrected chi connectivity index (χ2v) is 5.92. The van der Waals surface area contributed by atoms with Gasteiger partial charge in [0.25, 0.3) is 0 Å². The van der Waals surface area contributed by atoms with Crippen LogP contribution in [0.1, 0.15) is 31.5 Å². The van der Waals surface area contributed by atoms with Gasteiger partial charge in [0.2, 0.25) is 0 Å². The summed E-state index contributed by atoms with van der Waals surface area (Å²) in [6.45, 7) is 2.74. The smallest absolute Gasteiger partial charge is 0.0787 e. The largest absolute Gasteiger partial charge is 0.389 e. The van der Waals surface area contributed by atoms with Crippen molar-refractivity contribution in [3.63, 3.8) is 0 Å². The highest BCUT2D eigenvalue weighted by molar-refractivity contribution is 7.99. The van der Waals surface area contributed by atoms with Crippen LogP contribution in [-0.2, 0) is 0 Å². The molecule has 0 saturated carbocycles. The minimum atomic E-state index is -0.520. The second-order valence-electron chi connectivity index (χ2n) is 4.69. The van der Waals surface area contributed by atoms with Crippen LogP contribution in [0.5, 0.6) is 0 Å². The van der Waals surface area contributed by atoms with Crippen molar-refractivity contribution in [2.45, 2.75) is 31.4 Å². The lowest BCUT2D eigenvalue weighted by molar-refractivity contribution is 0.0299. The number of aromatic nitrogens is 1. The van der Waals surface area contributed by atoms with Gasteiger partial charge >= 0.3 is 0 Å². The van der Waals surface area contributed by atoms with Gasteiger partial charge in [0.15, 0.2) is 0 Å². The minimum absolute atomic E-state index is 0.190. The van der Waals surface area contributed by atoms with E-state index in [2.05, 4.69) is 17.2 Å². The van der Waals surface area contributed by atoms with Crippen molar-refractivity contribution in [1.29, 1.82) is 0 Å². The number of hydrogen-bond acceptors (Lipinski definition) is 4. The van der Waals surface area contributed by atoms with E-state index in [1.807, 2.05) is 30.0 Å². The Kier molecular flexibility index (Phi) is 4.42. The first-order chi connectivity index (χ1) is 8.20. The van der Waals surface area contributed by atoms with Crippen LogP contribution >= 0.6 is 11.8 Å². The van der Waals surface area contributed by atoms with Gasteiger partial charge in [-0.3, -0.25) is 4.98 Å². The van der Waals surface area contributed by atoms with Gasteiger partial charge in [-0.2, -0.15) is 11.8 Å². The molecule has 1 aromatic heterocycles. The standard InChI is InChI=1S/C13H20N2OS/c1-11(12-4-2-3-7-14-12)15-10-13(16)5-8-17-9-6-13/h2-4,7,11,15-16H,5-6,8-10H2,1H3. The van der Waals surface area contributed by atoms with Crippen LogP contribution < -0.4 is 5.32 Å². The predicted octanol–water partition coefficient (Wildman–Crippen LogP) is 1.99. The summed E-state index contributed by atoms with van der Waals surface area (Å²) in [5.41, 5.74) is 0.509. The molecular weight excluding hydrogens is 232 g/mol. The second kappa shape index (κ2) is 5.85. The van der Waals surface area contributed by atoms with E-state index in [4.69, 9.17) is 0 Å². The molecule has 0 aromatic carbocycles. The number of thioether (sulfide) groups is 1. The van der Waals surface area contributed by atoms with Crippen LogP contribution in [0.25, 0.3) is 0 Å². The van der Waals surface area contributed by atoms with E-state index < -0.39 is 5.60 Å². The molecule has 4 heteroatoms. The fourth-order valence-corrected chi connectivity index (χ4v) is 3.26. The molecule has 0 radical (unpaired) electrons. The Labute approximate surface area is 107 Å². The molecule has 17 heavy (non-hydrogen) atoms. The molecule has 0 bridgehead atoms. The van der Waals surface area contributed by atoms with Gasteiger partial charge in [-0.05, 0) is 43.4 Å². The number of rotatable bonds is 4. The van der Waals surface area contributed by atoms with Crippen molar-refractivity contribution >= 4 is 11.8 Å². The molecule has 2 N–H and O–H groups in total. The maximum absolute atomic E-state index is 10.4. The predicted molar refractivity (Wildman–Crippen MR) is 72.2 cm³/mol. The molecule has 0 amide bonds. The zero-order valence-electron chi connectivity index (χ0n) is 10.2. The van der Waals surface area contributed by atoms with Gasteiger partial charge in [0.1, 0.15) is 0 Å². The SMILES string of the molecule is CC(NCC1(O)CCSCC1)c1ccccn1. The average molecular weight is 252 g/mol. The van der Waals surface area contributed by atoms with Crippen LogP contribution in [0.3, 0.4) is 0 Å². The molecule has 94 valence electrons. The van der Waals surface area contributed by atoms with Gasteiger partial charge in [-0.25, -0.2) is 0 Å². The number of aliphatic hydroxyl groups is 1. The van der Waals surface area contributed by atoms with Crippen molar-refractivity contribution in [3.8, 4) is 0 Å². The van der Waals surface area contributed by atoms with Crippen molar-refractivity contribution in [1.82, 2.24) is 10.3 Å². The summed E-state index contributed by atoms with van der Waals surface area (Å²) in [5, 5.41) is 13.8. The van der Waals surface area contributed by atoms with Gasteiger partial charge in [-0.1, -0.05) is 6.07 Å². The van der Waals surface area contributed by atoms with Gasteiger partial charge in [0, 0.05) is 18.8 Å². The summed E-state index contributed by atoms with van der Waals surface area (Å²) < 4.78 is 0. The third-order valence-corrected chi connectivity index (χ3v) is 4.28. The lowest BCUT2D eigenvalue weighted by atomic mass is 9.96. The summed E-state index contributed by atoms with van der Waals surface area (Å²) in [6.07, 6.45) is 3.58. The van der Waals surface area contributed by atoms with Crippen LogP contribution in [0.4, 0.5) is 0 Å². The lowest BCUT2D eigenvalue weighted by Crippen LogP contribution is -2.44. The highest BCUT2D eigenvalue weighted by atomic mass is 32.2. The van der Waals surface area contributed by atoms with E-state index in [1.165, 1.54) is 0 Å². The number of nitrogens with zero attached hydrogens (tertiary/aromatic N) is 1. The third-order valence-electron chi connectivity index (χ3n) is 3.29. The zero-order valence-corrected chi connectivity index (χ0v) is 11.0. The summed E-state index contributed by atoms with van der Waals surface area (Å²) in [6, 6.07) is 6.11. The summed E-state index contributed by atoms with van der Waals surface area (Å²) in [5.74, 6) is 2.13. The van der Waals surface area contributed by atoms with Gasteiger partial charge < -0.3 is 10.4 Å². The van der Waals surface area contributed by atoms with Crippen molar-refractivity contribution in [2.75, 3.05) is 18.1 Å². The molecule has 2 heterocycles. The van der Waals surface area contributed by atoms with Gasteiger partial charge in [-0.15, -0.1) is 0 Å². The molecule has 1 aliphatic rings. The number of hydrogen-bond donors (Lipinski definition) is 2. The molecule has 1 aliphatic heterocycles. The minimum Gasteiger partial charge on any atom is -0.389 e. The molecule has 0 aliphatic carbocycles. The lowest BCUT2D eigenvalue weighted by Gasteiger charge is -2.33. The quantitative estimate of drug-likeness (QED) is 0.860. The molecule has 2 rings (SSSR count). The van der Waals surface area contributed by atoms with E-state index in [0.717, 1.165) is 30.0 Å². The average Bonchev–Trinajstić information content (AvgIpc) is 2.38. The number of nitrogens with one attached hydrogen (secondary N) is 1. The Bertz CT molecular complexity index is 339. The summed E-state index contributed by atoms with van der Waals surface area (Å²) in [7, 11) is 0. The maximum Gasteiger partial charge on any atom is 0.0787 e. The first kappa shape index (κ1) is 12.9. The molecule has 1 fully saturated rings. The van der Waals surface area contributed by atoms with Gasteiger partial charge in [0.05, 0.1) is 11.3 Å². The van der Waals surface area contributed by atoms with Crippen LogP contribution in [0.2, 0.25) is 0 Å². The first-order valence-corrected chi connectivity index (χ1v) is 7.30. The fourth-order valence-electron chi connectivity index (χ4n) is 2.01.